The molecule has 0 aliphatic rings. The molecule has 0 fully saturated rings. The van der Waals surface area contributed by atoms with E-state index in [1.54, 1.807) is 0 Å². The molecule has 0 bridgehead atoms. The molecule has 0 saturated carbocycles. The van der Waals surface area contributed by atoms with Crippen LogP contribution in [-0.2, 0) is 65.4 Å². The molecular formula is C90H176O17P2. The number of carbonyl (C=O) groups is 4. The fourth-order valence-electron chi connectivity index (χ4n) is 14.0. The maximum atomic E-state index is 13.2. The second kappa shape index (κ2) is 78.6. The molecule has 0 amide bonds. The number of hydrogen-bond acceptors (Lipinski definition) is 15. The fourth-order valence-corrected chi connectivity index (χ4v) is 15.6. The van der Waals surface area contributed by atoms with Crippen LogP contribution in [-0.4, -0.2) is 96.7 Å². The third-order valence-electron chi connectivity index (χ3n) is 21.4. The van der Waals surface area contributed by atoms with Crippen molar-refractivity contribution in [1.29, 1.82) is 0 Å². The van der Waals surface area contributed by atoms with Crippen LogP contribution in [0.5, 0.6) is 0 Å². The van der Waals surface area contributed by atoms with Crippen molar-refractivity contribution in [2.45, 2.75) is 491 Å². The van der Waals surface area contributed by atoms with Gasteiger partial charge >= 0.3 is 39.5 Å². The van der Waals surface area contributed by atoms with Gasteiger partial charge in [-0.15, -0.1) is 0 Å². The van der Waals surface area contributed by atoms with Crippen LogP contribution < -0.4 is 0 Å². The van der Waals surface area contributed by atoms with Crippen molar-refractivity contribution in [3.05, 3.63) is 0 Å². The zero-order valence-electron chi connectivity index (χ0n) is 72.2. The lowest BCUT2D eigenvalue weighted by atomic mass is 9.99. The Kier molecular flexibility index (Phi) is 77.2. The van der Waals surface area contributed by atoms with Crippen molar-refractivity contribution < 1.29 is 80.2 Å². The van der Waals surface area contributed by atoms with E-state index in [0.29, 0.717) is 25.7 Å². The molecule has 0 spiro atoms. The van der Waals surface area contributed by atoms with Crippen LogP contribution in [0.4, 0.5) is 0 Å². The molecule has 0 aromatic carbocycles. The van der Waals surface area contributed by atoms with Gasteiger partial charge in [-0.3, -0.25) is 37.3 Å². The summed E-state index contributed by atoms with van der Waals surface area (Å²) in [5.74, 6) is 1.10. The number of hydrogen-bond donors (Lipinski definition) is 3. The smallest absolute Gasteiger partial charge is 0.462 e. The second-order valence-corrected chi connectivity index (χ2v) is 36.9. The van der Waals surface area contributed by atoms with Gasteiger partial charge in [0.05, 0.1) is 26.4 Å². The number of carbonyl (C=O) groups excluding carboxylic acids is 4. The average molecular weight is 1590 g/mol. The molecule has 0 aliphatic carbocycles. The van der Waals surface area contributed by atoms with Crippen LogP contribution >= 0.6 is 15.6 Å². The van der Waals surface area contributed by atoms with Gasteiger partial charge in [-0.05, 0) is 49.4 Å². The van der Waals surface area contributed by atoms with Gasteiger partial charge in [-0.2, -0.15) is 0 Å². The van der Waals surface area contributed by atoms with E-state index in [2.05, 4.69) is 55.4 Å². The van der Waals surface area contributed by atoms with Crippen LogP contribution in [0.2, 0.25) is 0 Å². The van der Waals surface area contributed by atoms with Gasteiger partial charge in [0.15, 0.2) is 12.2 Å². The van der Waals surface area contributed by atoms with Crippen LogP contribution in [0.1, 0.15) is 473 Å². The second-order valence-electron chi connectivity index (χ2n) is 34.0. The Bertz CT molecular complexity index is 2110. The van der Waals surface area contributed by atoms with Gasteiger partial charge in [-0.1, -0.05) is 421 Å². The van der Waals surface area contributed by atoms with Crippen LogP contribution in [0.25, 0.3) is 0 Å². The topological polar surface area (TPSA) is 237 Å². The zero-order valence-corrected chi connectivity index (χ0v) is 74.0. The first-order valence-corrected chi connectivity index (χ1v) is 49.2. The van der Waals surface area contributed by atoms with E-state index in [4.69, 9.17) is 37.0 Å². The summed E-state index contributed by atoms with van der Waals surface area (Å²) in [5.41, 5.74) is 0. The zero-order chi connectivity index (χ0) is 80.2. The van der Waals surface area contributed by atoms with E-state index in [0.717, 1.165) is 114 Å². The third kappa shape index (κ3) is 82.4. The minimum Gasteiger partial charge on any atom is -0.462 e. The molecule has 0 rings (SSSR count). The van der Waals surface area contributed by atoms with Gasteiger partial charge in [-0.25, -0.2) is 9.13 Å². The van der Waals surface area contributed by atoms with Crippen LogP contribution in [0.3, 0.4) is 0 Å². The standard InChI is InChI=1S/C90H176O17P2/c1-9-83(8)69-61-53-45-36-30-24-18-12-10-11-13-19-26-32-38-48-56-64-72-89(94)106-85(76-100-87(92)70-62-54-46-37-31-25-20-14-16-22-28-34-42-50-58-66-80(2)3)78-104-108(96,97)102-74-84(91)75-103-109(98,99)105-79-86(77-101-88(93)71-63-55-47-41-40-44-52-60-68-82(6)7)107-90(95)73-65-57-49-39-33-27-21-15-17-23-29-35-43-51-59-67-81(4)5/h80-86,91H,9-79H2,1-8H3,(H,96,97)(H,98,99)/t83?,84-,85-,86-/m1/s1. The van der Waals surface area contributed by atoms with Crippen molar-refractivity contribution in [1.82, 2.24) is 0 Å². The highest BCUT2D eigenvalue weighted by molar-refractivity contribution is 7.47. The first-order valence-electron chi connectivity index (χ1n) is 46.2. The monoisotopic (exact) mass is 1590 g/mol. The molecule has 648 valence electrons. The van der Waals surface area contributed by atoms with Crippen molar-refractivity contribution in [2.24, 2.45) is 23.7 Å². The Morgan fingerprint density at radius 2 is 0.440 bits per heavy atom. The summed E-state index contributed by atoms with van der Waals surface area (Å²) < 4.78 is 69.0. The molecule has 19 heteroatoms. The average Bonchev–Trinajstić information content (AvgIpc) is 0.901. The van der Waals surface area contributed by atoms with E-state index < -0.39 is 97.5 Å². The highest BCUT2D eigenvalue weighted by Crippen LogP contribution is 2.45. The summed E-state index contributed by atoms with van der Waals surface area (Å²) in [6.07, 6.45) is 69.5. The Balaban J connectivity index is 5.24. The minimum atomic E-state index is -4.97. The lowest BCUT2D eigenvalue weighted by Gasteiger charge is -2.21. The van der Waals surface area contributed by atoms with E-state index in [-0.39, 0.29) is 25.7 Å². The maximum Gasteiger partial charge on any atom is 0.472 e. The maximum absolute atomic E-state index is 13.2. The van der Waals surface area contributed by atoms with Crippen LogP contribution in [0.15, 0.2) is 0 Å². The van der Waals surface area contributed by atoms with Gasteiger partial charge in [0.25, 0.3) is 0 Å². The SMILES string of the molecule is CCC(C)CCCCCCCCCCCCCCCCCCCCC(=O)O[C@H](COC(=O)CCCCCCCCCCCCCCCCCC(C)C)COP(=O)(O)OC[C@@H](O)COP(=O)(O)OC[C@@H](COC(=O)CCCCCCCCCCC(C)C)OC(=O)CCCCCCCCCCCCCCCCCC(C)C. The lowest BCUT2D eigenvalue weighted by molar-refractivity contribution is -0.161. The van der Waals surface area contributed by atoms with E-state index in [9.17, 15) is 43.2 Å². The van der Waals surface area contributed by atoms with Crippen molar-refractivity contribution in [3.63, 3.8) is 0 Å². The fraction of sp³-hybridized carbons (Fsp3) is 0.956. The summed E-state index contributed by atoms with van der Waals surface area (Å²) in [6, 6.07) is 0. The van der Waals surface area contributed by atoms with Gasteiger partial charge in [0, 0.05) is 25.7 Å². The van der Waals surface area contributed by atoms with Crippen LogP contribution in [0, 0.1) is 23.7 Å². The Morgan fingerprint density at radius 3 is 0.651 bits per heavy atom. The molecule has 3 N–H and O–H groups in total. The van der Waals surface area contributed by atoms with Gasteiger partial charge in [0.2, 0.25) is 0 Å². The van der Waals surface area contributed by atoms with E-state index >= 15 is 0 Å². The minimum absolute atomic E-state index is 0.107. The molecule has 0 aliphatic heterocycles. The number of unbranched alkanes of at least 4 members (excludes halogenated alkanes) is 52. The summed E-state index contributed by atoms with van der Waals surface area (Å²) in [6.45, 7) is 14.4. The van der Waals surface area contributed by atoms with E-state index in [1.807, 2.05) is 0 Å². The Labute approximate surface area is 670 Å². The molecule has 109 heavy (non-hydrogen) atoms. The molecule has 0 radical (unpaired) electrons. The molecular weight excluding hydrogens is 1410 g/mol. The predicted octanol–water partition coefficient (Wildman–Crippen LogP) is 27.5. The number of aliphatic hydroxyl groups excluding tert-OH is 1. The quantitative estimate of drug-likeness (QED) is 0.0222. The Morgan fingerprint density at radius 1 is 0.257 bits per heavy atom. The molecule has 0 heterocycles. The van der Waals surface area contributed by atoms with Crippen molar-refractivity contribution in [3.8, 4) is 0 Å². The number of ether oxygens (including phenoxy) is 4. The molecule has 17 nitrogen and oxygen atoms in total. The van der Waals surface area contributed by atoms with Gasteiger partial charge in [0.1, 0.15) is 19.3 Å². The summed E-state index contributed by atoms with van der Waals surface area (Å²) >= 11 is 0. The molecule has 6 atom stereocenters. The number of phosphoric acid groups is 2. The molecule has 0 aromatic rings. The normalized spacial score (nSPS) is 14.1. The summed E-state index contributed by atoms with van der Waals surface area (Å²) in [5, 5.41) is 10.7. The van der Waals surface area contributed by atoms with Crippen molar-refractivity contribution in [2.75, 3.05) is 39.6 Å². The highest BCUT2D eigenvalue weighted by atomic mass is 31.2. The number of rotatable bonds is 87. The predicted molar refractivity (Wildman–Crippen MR) is 451 cm³/mol. The first-order chi connectivity index (χ1) is 52.6. The van der Waals surface area contributed by atoms with Crippen molar-refractivity contribution >= 4 is 39.5 Å². The highest BCUT2D eigenvalue weighted by Gasteiger charge is 2.31. The summed E-state index contributed by atoms with van der Waals surface area (Å²) in [4.78, 5) is 73.4. The summed E-state index contributed by atoms with van der Waals surface area (Å²) in [7, 11) is -9.94. The lowest BCUT2D eigenvalue weighted by Crippen LogP contribution is -2.30. The molecule has 0 aromatic heterocycles. The van der Waals surface area contributed by atoms with Gasteiger partial charge < -0.3 is 33.8 Å². The molecule has 3 unspecified atom stereocenters. The molecule has 0 saturated heterocycles. The number of esters is 4. The number of phosphoric ester groups is 2. The Hall–Kier alpha value is -1.94. The first kappa shape index (κ1) is 107. The number of aliphatic hydroxyl groups is 1. The largest absolute Gasteiger partial charge is 0.472 e. The third-order valence-corrected chi connectivity index (χ3v) is 23.3. The van der Waals surface area contributed by atoms with E-state index in [1.165, 1.54) is 276 Å².